The number of ether oxygens (including phenoxy) is 2. The van der Waals surface area contributed by atoms with E-state index in [0.29, 0.717) is 28.9 Å². The van der Waals surface area contributed by atoms with Crippen LogP contribution in [-0.4, -0.2) is 49.0 Å². The first-order valence-corrected chi connectivity index (χ1v) is 9.30. The maximum atomic E-state index is 12.5. The summed E-state index contributed by atoms with van der Waals surface area (Å²) in [4.78, 5) is 31.2. The number of aromatic nitrogens is 1. The van der Waals surface area contributed by atoms with E-state index >= 15 is 0 Å². The molecule has 0 saturated heterocycles. The second-order valence-corrected chi connectivity index (χ2v) is 7.23. The summed E-state index contributed by atoms with van der Waals surface area (Å²) in [5, 5.41) is 6.22. The van der Waals surface area contributed by atoms with E-state index in [0.717, 1.165) is 23.5 Å². The summed E-state index contributed by atoms with van der Waals surface area (Å²) in [6.07, 6.45) is 0.755. The van der Waals surface area contributed by atoms with E-state index in [1.165, 1.54) is 18.3 Å². The molecule has 2 amide bonds. The summed E-state index contributed by atoms with van der Waals surface area (Å²) in [6, 6.07) is 5.25. The molecule has 0 saturated carbocycles. The highest BCUT2D eigenvalue weighted by Gasteiger charge is 2.23. The highest BCUT2D eigenvalue weighted by molar-refractivity contribution is 7.15. The van der Waals surface area contributed by atoms with Crippen molar-refractivity contribution in [3.8, 4) is 11.5 Å². The van der Waals surface area contributed by atoms with Crippen LogP contribution in [0.25, 0.3) is 0 Å². The van der Waals surface area contributed by atoms with E-state index in [1.807, 2.05) is 0 Å². The smallest absolute Gasteiger partial charge is 0.238 e. The minimum absolute atomic E-state index is 0.117. The number of nitrogens with one attached hydrogen (secondary N) is 2. The van der Waals surface area contributed by atoms with Crippen molar-refractivity contribution in [3.63, 3.8) is 0 Å². The van der Waals surface area contributed by atoms with Crippen LogP contribution in [0.4, 0.5) is 10.8 Å². The van der Waals surface area contributed by atoms with Gasteiger partial charge in [-0.2, -0.15) is 0 Å². The number of methoxy groups -OCH3 is 2. The quantitative estimate of drug-likeness (QED) is 0.785. The zero-order valence-corrected chi connectivity index (χ0v) is 16.3. The first kappa shape index (κ1) is 19.1. The molecule has 0 radical (unpaired) electrons. The van der Waals surface area contributed by atoms with E-state index in [1.54, 1.807) is 32.4 Å². The van der Waals surface area contributed by atoms with E-state index in [-0.39, 0.29) is 18.4 Å². The van der Waals surface area contributed by atoms with Crippen LogP contribution in [0.15, 0.2) is 18.2 Å². The number of hydrogen-bond acceptors (Lipinski definition) is 7. The number of benzene rings is 1. The fraction of sp³-hybridized carbons (Fsp3) is 0.389. The van der Waals surface area contributed by atoms with Crippen LogP contribution in [-0.2, 0) is 22.6 Å². The molecule has 1 aliphatic heterocycles. The van der Waals surface area contributed by atoms with Gasteiger partial charge in [-0.05, 0) is 12.1 Å². The number of anilines is 2. The minimum Gasteiger partial charge on any atom is -0.497 e. The molecule has 8 nitrogen and oxygen atoms in total. The van der Waals surface area contributed by atoms with Crippen molar-refractivity contribution in [2.24, 2.45) is 0 Å². The number of carbonyl (C=O) groups is 2. The Morgan fingerprint density at radius 3 is 2.78 bits per heavy atom. The van der Waals surface area contributed by atoms with Gasteiger partial charge in [-0.25, -0.2) is 4.98 Å². The molecule has 2 N–H and O–H groups in total. The molecule has 27 heavy (non-hydrogen) atoms. The van der Waals surface area contributed by atoms with Gasteiger partial charge in [0.15, 0.2) is 5.13 Å². The monoisotopic (exact) mass is 390 g/mol. The number of hydrogen-bond donors (Lipinski definition) is 2. The normalized spacial score (nSPS) is 13.6. The van der Waals surface area contributed by atoms with Gasteiger partial charge in [-0.1, -0.05) is 0 Å². The summed E-state index contributed by atoms with van der Waals surface area (Å²) >= 11 is 1.46. The molecule has 9 heteroatoms. The Bertz CT molecular complexity index is 852. The predicted molar refractivity (Wildman–Crippen MR) is 104 cm³/mol. The molecule has 2 aromatic rings. The zero-order valence-electron chi connectivity index (χ0n) is 15.5. The van der Waals surface area contributed by atoms with Crippen molar-refractivity contribution in [2.75, 3.05) is 37.9 Å². The van der Waals surface area contributed by atoms with E-state index < -0.39 is 0 Å². The van der Waals surface area contributed by atoms with Crippen LogP contribution in [0.2, 0.25) is 0 Å². The summed E-state index contributed by atoms with van der Waals surface area (Å²) in [5.41, 5.74) is 1.60. The van der Waals surface area contributed by atoms with Gasteiger partial charge >= 0.3 is 0 Å². The number of nitrogens with zero attached hydrogens (tertiary/aromatic N) is 2. The maximum Gasteiger partial charge on any atom is 0.238 e. The van der Waals surface area contributed by atoms with Crippen molar-refractivity contribution in [1.82, 2.24) is 9.88 Å². The molecular formula is C18H22N4O4S. The molecule has 0 bridgehead atoms. The number of rotatable bonds is 6. The Labute approximate surface area is 161 Å². The first-order valence-electron chi connectivity index (χ1n) is 8.49. The predicted octanol–water partition coefficient (Wildman–Crippen LogP) is 2.12. The third-order valence-corrected chi connectivity index (χ3v) is 5.14. The van der Waals surface area contributed by atoms with Crippen molar-refractivity contribution >= 4 is 34.0 Å². The fourth-order valence-corrected chi connectivity index (χ4v) is 3.98. The average Bonchev–Trinajstić information content (AvgIpc) is 3.02. The average molecular weight is 390 g/mol. The minimum atomic E-state index is -0.134. The van der Waals surface area contributed by atoms with Gasteiger partial charge in [0, 0.05) is 37.4 Å². The Morgan fingerprint density at radius 1 is 1.26 bits per heavy atom. The molecule has 0 unspecified atom stereocenters. The number of thiazole rings is 1. The van der Waals surface area contributed by atoms with Gasteiger partial charge in [0.1, 0.15) is 11.5 Å². The summed E-state index contributed by atoms with van der Waals surface area (Å²) in [6.45, 7) is 3.11. The van der Waals surface area contributed by atoms with Gasteiger partial charge in [0.05, 0.1) is 32.1 Å². The van der Waals surface area contributed by atoms with E-state index in [9.17, 15) is 9.59 Å². The highest BCUT2D eigenvalue weighted by atomic mass is 32.1. The van der Waals surface area contributed by atoms with Crippen molar-refractivity contribution in [2.45, 2.75) is 19.9 Å². The number of fused-ring (bicyclic) bond motifs is 1. The van der Waals surface area contributed by atoms with Crippen LogP contribution in [0, 0.1) is 0 Å². The lowest BCUT2D eigenvalue weighted by Crippen LogP contribution is -2.36. The van der Waals surface area contributed by atoms with E-state index in [4.69, 9.17) is 9.47 Å². The van der Waals surface area contributed by atoms with Gasteiger partial charge in [0.25, 0.3) is 0 Å². The van der Waals surface area contributed by atoms with Crippen LogP contribution in [0.1, 0.15) is 17.5 Å². The Balaban J connectivity index is 1.60. The topological polar surface area (TPSA) is 92.8 Å². The SMILES string of the molecule is COc1ccc(NC(=O)CN2CCc3nc(NC(C)=O)sc3C2)c(OC)c1. The van der Waals surface area contributed by atoms with Crippen molar-refractivity contribution < 1.29 is 19.1 Å². The molecule has 0 atom stereocenters. The van der Waals surface area contributed by atoms with Crippen molar-refractivity contribution in [1.29, 1.82) is 0 Å². The molecule has 1 aromatic heterocycles. The molecular weight excluding hydrogens is 368 g/mol. The van der Waals surface area contributed by atoms with Crippen LogP contribution in [0.3, 0.4) is 0 Å². The molecule has 1 aromatic carbocycles. The molecule has 3 rings (SSSR count). The highest BCUT2D eigenvalue weighted by Crippen LogP contribution is 2.30. The number of amides is 2. The van der Waals surface area contributed by atoms with Crippen LogP contribution >= 0.6 is 11.3 Å². The largest absolute Gasteiger partial charge is 0.497 e. The van der Waals surface area contributed by atoms with Crippen LogP contribution in [0.5, 0.6) is 11.5 Å². The fourth-order valence-electron chi connectivity index (χ4n) is 2.88. The Kier molecular flexibility index (Phi) is 5.92. The third-order valence-electron chi connectivity index (χ3n) is 4.14. The molecule has 144 valence electrons. The first-order chi connectivity index (χ1) is 13.0. The van der Waals surface area contributed by atoms with Gasteiger partial charge in [0.2, 0.25) is 11.8 Å². The Hall–Kier alpha value is -2.65. The molecule has 2 heterocycles. The second-order valence-electron chi connectivity index (χ2n) is 6.15. The molecule has 0 spiro atoms. The van der Waals surface area contributed by atoms with Crippen LogP contribution < -0.4 is 20.1 Å². The summed E-state index contributed by atoms with van der Waals surface area (Å²) < 4.78 is 10.5. The van der Waals surface area contributed by atoms with Gasteiger partial charge < -0.3 is 20.1 Å². The Morgan fingerprint density at radius 2 is 2.07 bits per heavy atom. The van der Waals surface area contributed by atoms with Crippen molar-refractivity contribution in [3.05, 3.63) is 28.8 Å². The lowest BCUT2D eigenvalue weighted by atomic mass is 10.2. The molecule has 0 fully saturated rings. The van der Waals surface area contributed by atoms with Gasteiger partial charge in [-0.3, -0.25) is 14.5 Å². The van der Waals surface area contributed by atoms with Gasteiger partial charge in [-0.15, -0.1) is 11.3 Å². The number of carbonyl (C=O) groups excluding carboxylic acids is 2. The van der Waals surface area contributed by atoms with E-state index in [2.05, 4.69) is 20.5 Å². The second kappa shape index (κ2) is 8.36. The zero-order chi connectivity index (χ0) is 19.4. The third kappa shape index (κ3) is 4.75. The summed E-state index contributed by atoms with van der Waals surface area (Å²) in [5.74, 6) is 0.957. The standard InChI is InChI=1S/C18H22N4O4S/c1-11(23)19-18-21-14-6-7-22(9-16(14)27-18)10-17(24)20-13-5-4-12(25-2)8-15(13)26-3/h4-5,8H,6-7,9-10H2,1-3H3,(H,20,24)(H,19,21,23). The summed E-state index contributed by atoms with van der Waals surface area (Å²) in [7, 11) is 3.13. The lowest BCUT2D eigenvalue weighted by molar-refractivity contribution is -0.117. The lowest BCUT2D eigenvalue weighted by Gasteiger charge is -2.25. The molecule has 0 aliphatic carbocycles. The molecule has 1 aliphatic rings. The maximum absolute atomic E-state index is 12.5.